The highest BCUT2D eigenvalue weighted by atomic mass is 16.5. The van der Waals surface area contributed by atoms with Crippen molar-refractivity contribution in [1.29, 1.82) is 0 Å². The third-order valence-electron chi connectivity index (χ3n) is 2.69. The highest BCUT2D eigenvalue weighted by molar-refractivity contribution is 5.97. The topological polar surface area (TPSA) is 82.2 Å². The van der Waals surface area contributed by atoms with Crippen molar-refractivity contribution in [2.24, 2.45) is 13.0 Å². The van der Waals surface area contributed by atoms with Gasteiger partial charge in [0.2, 0.25) is 0 Å². The average molecular weight is 254 g/mol. The fourth-order valence-corrected chi connectivity index (χ4v) is 1.57. The molecule has 0 aliphatic rings. The number of anilines is 1. The van der Waals surface area contributed by atoms with E-state index in [0.717, 1.165) is 0 Å². The quantitative estimate of drug-likeness (QED) is 0.786. The van der Waals surface area contributed by atoms with Gasteiger partial charge in [0.05, 0.1) is 18.3 Å². The van der Waals surface area contributed by atoms with Gasteiger partial charge >= 0.3 is 0 Å². The van der Waals surface area contributed by atoms with Gasteiger partial charge in [0.15, 0.2) is 5.69 Å². The number of nitrogens with two attached hydrogens (primary N) is 1. The molecule has 0 saturated carbocycles. The Hall–Kier alpha value is -1.56. The number of ether oxygens (including phenoxy) is 1. The van der Waals surface area contributed by atoms with E-state index in [0.29, 0.717) is 18.9 Å². The molecule has 3 N–H and O–H groups in total. The predicted octanol–water partition coefficient (Wildman–Crippen LogP) is 0.793. The van der Waals surface area contributed by atoms with Crippen molar-refractivity contribution in [2.75, 3.05) is 18.9 Å². The molecule has 0 aliphatic carbocycles. The first-order valence-electron chi connectivity index (χ1n) is 6.13. The lowest BCUT2D eigenvalue weighted by molar-refractivity contribution is 0.0802. The van der Waals surface area contributed by atoms with Crippen molar-refractivity contribution in [2.45, 2.75) is 26.8 Å². The second-order valence-electron chi connectivity index (χ2n) is 4.59. The van der Waals surface area contributed by atoms with Gasteiger partial charge in [-0.15, -0.1) is 0 Å². The van der Waals surface area contributed by atoms with Crippen LogP contribution in [0.25, 0.3) is 0 Å². The van der Waals surface area contributed by atoms with Crippen molar-refractivity contribution in [3.8, 4) is 0 Å². The normalized spacial score (nSPS) is 12.7. The summed E-state index contributed by atoms with van der Waals surface area (Å²) >= 11 is 0. The van der Waals surface area contributed by atoms with Crippen molar-refractivity contribution in [3.05, 3.63) is 11.9 Å². The number of aromatic nitrogens is 2. The standard InChI is InChI=1S/C12H22N4O2/c1-5-18-7-10(8(2)3)14-12(17)11-9(13)6-16(4)15-11/h6,8,10H,5,7,13H2,1-4H3,(H,14,17). The molecular weight excluding hydrogens is 232 g/mol. The molecule has 0 fully saturated rings. The summed E-state index contributed by atoms with van der Waals surface area (Å²) in [4.78, 5) is 12.0. The molecule has 0 aromatic carbocycles. The van der Waals surface area contributed by atoms with E-state index in [1.165, 1.54) is 4.68 Å². The fraction of sp³-hybridized carbons (Fsp3) is 0.667. The Labute approximate surface area is 107 Å². The zero-order valence-corrected chi connectivity index (χ0v) is 11.4. The summed E-state index contributed by atoms with van der Waals surface area (Å²) in [5, 5.41) is 6.94. The summed E-state index contributed by atoms with van der Waals surface area (Å²) in [6.45, 7) is 7.12. The number of amides is 1. The minimum Gasteiger partial charge on any atom is -0.396 e. The van der Waals surface area contributed by atoms with Gasteiger partial charge in [-0.2, -0.15) is 5.10 Å². The van der Waals surface area contributed by atoms with Crippen molar-refractivity contribution in [3.63, 3.8) is 0 Å². The number of rotatable bonds is 6. The van der Waals surface area contributed by atoms with Crippen LogP contribution >= 0.6 is 0 Å². The van der Waals surface area contributed by atoms with Gasteiger partial charge in [-0.25, -0.2) is 0 Å². The van der Waals surface area contributed by atoms with Crippen molar-refractivity contribution in [1.82, 2.24) is 15.1 Å². The molecule has 18 heavy (non-hydrogen) atoms. The van der Waals surface area contributed by atoms with Crippen LogP contribution in [0.3, 0.4) is 0 Å². The molecule has 0 radical (unpaired) electrons. The molecule has 1 aromatic rings. The number of hydrogen-bond acceptors (Lipinski definition) is 4. The molecule has 6 nitrogen and oxygen atoms in total. The van der Waals surface area contributed by atoms with Crippen LogP contribution in [0.4, 0.5) is 5.69 Å². The number of nitrogen functional groups attached to an aromatic ring is 1. The Morgan fingerprint density at radius 1 is 1.61 bits per heavy atom. The summed E-state index contributed by atoms with van der Waals surface area (Å²) in [5.74, 6) is 0.0249. The molecule has 0 aliphatic heterocycles. The van der Waals surface area contributed by atoms with E-state index in [1.807, 2.05) is 20.8 Å². The number of nitrogens with zero attached hydrogens (tertiary/aromatic N) is 2. The fourth-order valence-electron chi connectivity index (χ4n) is 1.57. The maximum atomic E-state index is 12.0. The maximum Gasteiger partial charge on any atom is 0.274 e. The third-order valence-corrected chi connectivity index (χ3v) is 2.69. The molecule has 1 aromatic heterocycles. The average Bonchev–Trinajstić information content (AvgIpc) is 2.63. The molecule has 1 unspecified atom stereocenters. The Morgan fingerprint density at radius 3 is 2.72 bits per heavy atom. The van der Waals surface area contributed by atoms with Crippen LogP contribution in [-0.4, -0.2) is 34.9 Å². The highest BCUT2D eigenvalue weighted by Gasteiger charge is 2.20. The zero-order valence-electron chi connectivity index (χ0n) is 11.4. The lowest BCUT2D eigenvalue weighted by Gasteiger charge is -2.21. The van der Waals surface area contributed by atoms with Gasteiger partial charge in [0.25, 0.3) is 5.91 Å². The van der Waals surface area contributed by atoms with Crippen molar-refractivity contribution >= 4 is 11.6 Å². The molecular formula is C12H22N4O2. The second kappa shape index (κ2) is 6.39. The third kappa shape index (κ3) is 3.73. The second-order valence-corrected chi connectivity index (χ2v) is 4.59. The van der Waals surface area contributed by atoms with Gasteiger partial charge in [0, 0.05) is 19.9 Å². The van der Waals surface area contributed by atoms with Crippen LogP contribution in [0, 0.1) is 5.92 Å². The Kier molecular flexibility index (Phi) is 5.15. The molecule has 1 amide bonds. The smallest absolute Gasteiger partial charge is 0.274 e. The van der Waals surface area contributed by atoms with E-state index in [2.05, 4.69) is 10.4 Å². The van der Waals surface area contributed by atoms with Crippen LogP contribution in [0.15, 0.2) is 6.20 Å². The first-order valence-corrected chi connectivity index (χ1v) is 6.13. The van der Waals surface area contributed by atoms with Gasteiger partial charge < -0.3 is 15.8 Å². The van der Waals surface area contributed by atoms with Gasteiger partial charge in [-0.05, 0) is 12.8 Å². The number of aryl methyl sites for hydroxylation is 1. The van der Waals surface area contributed by atoms with Crippen LogP contribution in [0.1, 0.15) is 31.3 Å². The zero-order chi connectivity index (χ0) is 13.7. The molecule has 0 saturated heterocycles. The Bertz CT molecular complexity index is 401. The lowest BCUT2D eigenvalue weighted by atomic mass is 10.1. The van der Waals surface area contributed by atoms with Gasteiger partial charge in [-0.3, -0.25) is 9.48 Å². The summed E-state index contributed by atoms with van der Waals surface area (Å²) in [7, 11) is 1.73. The van der Waals surface area contributed by atoms with Gasteiger partial charge in [-0.1, -0.05) is 13.8 Å². The highest BCUT2D eigenvalue weighted by Crippen LogP contribution is 2.10. The lowest BCUT2D eigenvalue weighted by Crippen LogP contribution is -2.42. The predicted molar refractivity (Wildman–Crippen MR) is 70.2 cm³/mol. The number of carbonyl (C=O) groups excluding carboxylic acids is 1. The van der Waals surface area contributed by atoms with Crippen LogP contribution in [-0.2, 0) is 11.8 Å². The van der Waals surface area contributed by atoms with E-state index in [4.69, 9.17) is 10.5 Å². The minimum atomic E-state index is -0.258. The molecule has 6 heteroatoms. The van der Waals surface area contributed by atoms with Crippen LogP contribution < -0.4 is 11.1 Å². The van der Waals surface area contributed by atoms with E-state index in [1.54, 1.807) is 13.2 Å². The van der Waals surface area contributed by atoms with Crippen LogP contribution in [0.5, 0.6) is 0 Å². The van der Waals surface area contributed by atoms with E-state index < -0.39 is 0 Å². The summed E-state index contributed by atoms with van der Waals surface area (Å²) < 4.78 is 6.88. The Morgan fingerprint density at radius 2 is 2.28 bits per heavy atom. The molecule has 1 atom stereocenters. The largest absolute Gasteiger partial charge is 0.396 e. The van der Waals surface area contributed by atoms with Crippen LogP contribution in [0.2, 0.25) is 0 Å². The number of hydrogen-bond donors (Lipinski definition) is 2. The van der Waals surface area contributed by atoms with Crippen molar-refractivity contribution < 1.29 is 9.53 Å². The molecule has 1 rings (SSSR count). The summed E-state index contributed by atoms with van der Waals surface area (Å²) in [6, 6.07) is -0.0427. The minimum absolute atomic E-state index is 0.0427. The summed E-state index contributed by atoms with van der Waals surface area (Å²) in [5.41, 5.74) is 6.37. The first-order chi connectivity index (χ1) is 8.45. The monoisotopic (exact) mass is 254 g/mol. The molecule has 0 bridgehead atoms. The number of nitrogens with one attached hydrogen (secondary N) is 1. The molecule has 1 heterocycles. The van der Waals surface area contributed by atoms with Gasteiger partial charge in [0.1, 0.15) is 0 Å². The maximum absolute atomic E-state index is 12.0. The molecule has 102 valence electrons. The molecule has 0 spiro atoms. The van der Waals surface area contributed by atoms with E-state index in [-0.39, 0.29) is 23.6 Å². The summed E-state index contributed by atoms with van der Waals surface area (Å²) in [6.07, 6.45) is 1.61. The first kappa shape index (κ1) is 14.5. The van der Waals surface area contributed by atoms with E-state index >= 15 is 0 Å². The SMILES string of the molecule is CCOCC(NC(=O)c1nn(C)cc1N)C(C)C. The van der Waals surface area contributed by atoms with E-state index in [9.17, 15) is 4.79 Å². The Balaban J connectivity index is 2.69. The number of carbonyl (C=O) groups is 1.